The van der Waals surface area contributed by atoms with Crippen molar-refractivity contribution in [3.05, 3.63) is 216 Å². The van der Waals surface area contributed by atoms with E-state index in [-0.39, 0.29) is 0 Å². The van der Waals surface area contributed by atoms with Gasteiger partial charge >= 0.3 is 0 Å². The van der Waals surface area contributed by atoms with E-state index < -0.39 is 0 Å². The molecule has 1 aliphatic heterocycles. The third-order valence-corrected chi connectivity index (χ3v) is 14.9. The van der Waals surface area contributed by atoms with Crippen molar-refractivity contribution in [1.29, 1.82) is 0 Å². The zero-order valence-electron chi connectivity index (χ0n) is 51.9. The van der Waals surface area contributed by atoms with E-state index in [1.807, 2.05) is 204 Å². The molecule has 0 saturated carbocycles. The summed E-state index contributed by atoms with van der Waals surface area (Å²) in [5, 5.41) is 0. The zero-order valence-corrected chi connectivity index (χ0v) is 51.9. The summed E-state index contributed by atoms with van der Waals surface area (Å²) >= 11 is 0. The van der Waals surface area contributed by atoms with Crippen LogP contribution in [0.5, 0.6) is 34.5 Å². The van der Waals surface area contributed by atoms with Crippen LogP contribution in [0.15, 0.2) is 183 Å². The molecular formula is C72H81N9O9. The van der Waals surface area contributed by atoms with Crippen molar-refractivity contribution in [3.63, 3.8) is 0 Å². The predicted molar refractivity (Wildman–Crippen MR) is 347 cm³/mol. The van der Waals surface area contributed by atoms with E-state index in [4.69, 9.17) is 42.6 Å². The van der Waals surface area contributed by atoms with E-state index in [1.54, 1.807) is 0 Å². The summed E-state index contributed by atoms with van der Waals surface area (Å²) in [6.45, 7) is 17.5. The van der Waals surface area contributed by atoms with E-state index >= 15 is 0 Å². The van der Waals surface area contributed by atoms with Crippen LogP contribution in [0, 0.1) is 20.8 Å². The highest BCUT2D eigenvalue weighted by atomic mass is 16.6. The molecule has 0 atom stereocenters. The van der Waals surface area contributed by atoms with Gasteiger partial charge in [0.25, 0.3) is 0 Å². The Bertz CT molecular complexity index is 3530. The molecule has 6 aromatic heterocycles. The Labute approximate surface area is 528 Å². The summed E-state index contributed by atoms with van der Waals surface area (Å²) < 4.78 is 55.9. The highest BCUT2D eigenvalue weighted by Crippen LogP contribution is 2.29. The lowest BCUT2D eigenvalue weighted by Gasteiger charge is -2.30. The lowest BCUT2D eigenvalue weighted by Crippen LogP contribution is -2.43. The van der Waals surface area contributed by atoms with Crippen molar-refractivity contribution in [1.82, 2.24) is 44.6 Å². The quantitative estimate of drug-likeness (QED) is 0.0356. The SMILES string of the molecule is Cc1ccc(-c2ccc(COCCOc3ccccc3OCCN3CCCN(CCOc4ccccc4OCCOCc4ccc(-c5ccc(C)cn5)nc4)CN(CCOc4ccccc4OCCOCc4ccc(-c5ccc(C)cn5)nc4)CC3)cn2)nc1. The fraction of sp³-hybridized carbons (Fsp3) is 0.333. The second-order valence-corrected chi connectivity index (χ2v) is 22.0. The van der Waals surface area contributed by atoms with Crippen LogP contribution in [0.4, 0.5) is 0 Å². The molecular weight excluding hydrogens is 1130 g/mol. The Kier molecular flexibility index (Phi) is 24.8. The fourth-order valence-electron chi connectivity index (χ4n) is 9.89. The molecule has 9 aromatic rings. The van der Waals surface area contributed by atoms with Crippen LogP contribution in [0.3, 0.4) is 0 Å². The Morgan fingerprint density at radius 1 is 0.289 bits per heavy atom. The van der Waals surface area contributed by atoms with Crippen LogP contribution in [0.2, 0.25) is 0 Å². The molecule has 1 aliphatic rings. The van der Waals surface area contributed by atoms with Crippen molar-refractivity contribution in [2.45, 2.75) is 47.0 Å². The van der Waals surface area contributed by atoms with Crippen LogP contribution < -0.4 is 28.4 Å². The maximum absolute atomic E-state index is 6.49. The number of nitrogens with zero attached hydrogens (tertiary/aromatic N) is 9. The third kappa shape index (κ3) is 20.6. The molecule has 0 radical (unpaired) electrons. The molecule has 7 heterocycles. The number of aromatic nitrogens is 6. The molecule has 0 N–H and O–H groups in total. The smallest absolute Gasteiger partial charge is 0.161 e. The van der Waals surface area contributed by atoms with Gasteiger partial charge in [0, 0.05) is 76.4 Å². The van der Waals surface area contributed by atoms with E-state index in [2.05, 4.69) is 44.6 Å². The molecule has 0 spiro atoms. The van der Waals surface area contributed by atoms with E-state index in [1.165, 1.54) is 0 Å². The van der Waals surface area contributed by atoms with Gasteiger partial charge in [-0.1, -0.05) is 72.8 Å². The van der Waals surface area contributed by atoms with Crippen LogP contribution in [-0.2, 0) is 34.0 Å². The predicted octanol–water partition coefficient (Wildman–Crippen LogP) is 11.6. The second kappa shape index (κ2) is 34.8. The molecule has 3 aromatic carbocycles. The maximum atomic E-state index is 6.49. The summed E-state index contributed by atoms with van der Waals surface area (Å²) in [4.78, 5) is 34.7. The third-order valence-electron chi connectivity index (χ3n) is 14.9. The highest BCUT2D eigenvalue weighted by molar-refractivity contribution is 5.56. The van der Waals surface area contributed by atoms with Gasteiger partial charge in [-0.3, -0.25) is 44.6 Å². The van der Waals surface area contributed by atoms with Crippen molar-refractivity contribution >= 4 is 0 Å². The lowest BCUT2D eigenvalue weighted by atomic mass is 10.2. The van der Waals surface area contributed by atoms with E-state index in [0.717, 1.165) is 120 Å². The Hall–Kier alpha value is -8.88. The highest BCUT2D eigenvalue weighted by Gasteiger charge is 2.19. The number of rotatable bonds is 33. The first-order chi connectivity index (χ1) is 44.3. The molecule has 18 nitrogen and oxygen atoms in total. The number of benzene rings is 3. The van der Waals surface area contributed by atoms with Crippen LogP contribution in [-0.4, -0.2) is 157 Å². The van der Waals surface area contributed by atoms with E-state index in [0.29, 0.717) is 120 Å². The first kappa shape index (κ1) is 64.1. The second-order valence-electron chi connectivity index (χ2n) is 22.0. The number of hydrogen-bond donors (Lipinski definition) is 0. The Morgan fingerprint density at radius 2 is 0.567 bits per heavy atom. The van der Waals surface area contributed by atoms with Gasteiger partial charge in [-0.15, -0.1) is 0 Å². The number of pyridine rings is 6. The summed E-state index contributed by atoms with van der Waals surface area (Å²) in [5.41, 5.74) is 11.3. The minimum atomic E-state index is 0.366. The largest absolute Gasteiger partial charge is 0.488 e. The zero-order chi connectivity index (χ0) is 61.8. The summed E-state index contributed by atoms with van der Waals surface area (Å²) in [7, 11) is 0. The number of para-hydroxylation sites is 6. The van der Waals surface area contributed by atoms with Gasteiger partial charge in [-0.2, -0.15) is 0 Å². The van der Waals surface area contributed by atoms with Gasteiger partial charge in [0.15, 0.2) is 34.5 Å². The first-order valence-electron chi connectivity index (χ1n) is 30.9. The minimum absolute atomic E-state index is 0.366. The normalized spacial score (nSPS) is 13.2. The van der Waals surface area contributed by atoms with Gasteiger partial charge in [0.05, 0.1) is 80.5 Å². The standard InChI is InChI=1S/C72H81N9O9/c1-55-17-23-61(73-45-55)64-26-20-58(48-76-64)51-82-39-42-88-70-14-7-4-11-67(70)85-36-33-79-29-10-30-80(34-37-86-68-12-5-8-15-71(68)89-43-40-83-52-59-21-27-65(77-49-59)62-24-18-56(2)46-74-62)54-81(32-31-79)35-38-87-69-13-6-9-16-72(69)90-44-41-84-53-60-22-28-66(78-50-60)63-25-19-57(3)47-75-63/h4-9,11-28,45-50H,10,29-44,51-54H2,1-3H3. The molecule has 1 fully saturated rings. The van der Waals surface area contributed by atoms with Gasteiger partial charge in [-0.25, -0.2) is 0 Å². The summed E-state index contributed by atoms with van der Waals surface area (Å²) in [5.74, 6) is 4.13. The van der Waals surface area contributed by atoms with Crippen LogP contribution in [0.25, 0.3) is 34.2 Å². The van der Waals surface area contributed by atoms with Crippen molar-refractivity contribution in [2.24, 2.45) is 0 Å². The van der Waals surface area contributed by atoms with Crippen molar-refractivity contribution < 1.29 is 42.6 Å². The molecule has 468 valence electrons. The van der Waals surface area contributed by atoms with Gasteiger partial charge in [-0.05, 0) is 140 Å². The average molecular weight is 1220 g/mol. The van der Waals surface area contributed by atoms with Crippen LogP contribution >= 0.6 is 0 Å². The number of ether oxygens (including phenoxy) is 9. The molecule has 1 saturated heterocycles. The summed E-state index contributed by atoms with van der Waals surface area (Å²) in [6, 6.07) is 47.5. The molecule has 0 unspecified atom stereocenters. The monoisotopic (exact) mass is 1220 g/mol. The fourth-order valence-corrected chi connectivity index (χ4v) is 9.89. The molecule has 90 heavy (non-hydrogen) atoms. The topological polar surface area (TPSA) is 170 Å². The summed E-state index contributed by atoms with van der Waals surface area (Å²) in [6.07, 6.45) is 12.0. The van der Waals surface area contributed by atoms with Gasteiger partial charge in [0.1, 0.15) is 39.6 Å². The first-order valence-corrected chi connectivity index (χ1v) is 30.9. The van der Waals surface area contributed by atoms with Gasteiger partial charge < -0.3 is 42.6 Å². The molecule has 10 rings (SSSR count). The molecule has 0 aliphatic carbocycles. The van der Waals surface area contributed by atoms with Crippen molar-refractivity contribution in [2.75, 3.05) is 112 Å². The number of aryl methyl sites for hydroxylation is 3. The lowest BCUT2D eigenvalue weighted by molar-refractivity contribution is 0.0847. The average Bonchev–Trinajstić information content (AvgIpc) is 3.88. The molecule has 0 bridgehead atoms. The van der Waals surface area contributed by atoms with Crippen molar-refractivity contribution in [3.8, 4) is 68.7 Å². The Balaban J connectivity index is 0.688. The Morgan fingerprint density at radius 3 is 0.878 bits per heavy atom. The van der Waals surface area contributed by atoms with Gasteiger partial charge in [0.2, 0.25) is 0 Å². The van der Waals surface area contributed by atoms with E-state index in [9.17, 15) is 0 Å². The molecule has 0 amide bonds. The number of hydrogen-bond acceptors (Lipinski definition) is 18. The molecule has 18 heteroatoms. The van der Waals surface area contributed by atoms with Crippen LogP contribution in [0.1, 0.15) is 39.8 Å². The maximum Gasteiger partial charge on any atom is 0.161 e. The minimum Gasteiger partial charge on any atom is -0.488 e.